The number of hydrogen-bond donors (Lipinski definition) is 0. The number of hydrogen-bond acceptors (Lipinski definition) is 3. The van der Waals surface area contributed by atoms with Crippen LogP contribution in [-0.4, -0.2) is 28.5 Å². The average molecular weight is 213 g/mol. The van der Waals surface area contributed by atoms with Crippen molar-refractivity contribution in [2.75, 3.05) is 13.6 Å². The lowest BCUT2D eigenvalue weighted by molar-refractivity contribution is 0.318. The molecule has 0 N–H and O–H groups in total. The lowest BCUT2D eigenvalue weighted by Gasteiger charge is -2.20. The molecule has 0 aliphatic carbocycles. The number of likely N-dealkylation sites (tertiary alicyclic amines) is 1. The van der Waals surface area contributed by atoms with Crippen LogP contribution in [0.15, 0.2) is 30.9 Å². The van der Waals surface area contributed by atoms with Crippen molar-refractivity contribution in [2.24, 2.45) is 0 Å². The van der Waals surface area contributed by atoms with Crippen LogP contribution in [0.5, 0.6) is 0 Å². The summed E-state index contributed by atoms with van der Waals surface area (Å²) in [4.78, 5) is 10.9. The lowest BCUT2D eigenvalue weighted by atomic mass is 10.0. The molecule has 3 heteroatoms. The Labute approximate surface area is 95.1 Å². The summed E-state index contributed by atoms with van der Waals surface area (Å²) in [6, 6.07) is 2.62. The molecule has 0 bridgehead atoms. The molecule has 82 valence electrons. The van der Waals surface area contributed by atoms with Crippen molar-refractivity contribution >= 4 is 10.8 Å². The van der Waals surface area contributed by atoms with Gasteiger partial charge in [-0.15, -0.1) is 0 Å². The van der Waals surface area contributed by atoms with Crippen molar-refractivity contribution in [1.29, 1.82) is 0 Å². The van der Waals surface area contributed by atoms with Gasteiger partial charge in [-0.05, 0) is 43.5 Å². The maximum Gasteiger partial charge on any atom is 0.0367 e. The van der Waals surface area contributed by atoms with Crippen molar-refractivity contribution in [3.05, 3.63) is 36.4 Å². The van der Waals surface area contributed by atoms with Gasteiger partial charge in [-0.3, -0.25) is 14.9 Å². The highest BCUT2D eigenvalue weighted by molar-refractivity contribution is 5.84. The van der Waals surface area contributed by atoms with Gasteiger partial charge in [0.05, 0.1) is 0 Å². The van der Waals surface area contributed by atoms with Crippen molar-refractivity contribution in [2.45, 2.75) is 18.9 Å². The summed E-state index contributed by atoms with van der Waals surface area (Å²) in [7, 11) is 2.19. The highest BCUT2D eigenvalue weighted by Gasteiger charge is 2.24. The summed E-state index contributed by atoms with van der Waals surface area (Å²) in [6.45, 7) is 1.19. The quantitative estimate of drug-likeness (QED) is 0.728. The molecule has 0 amide bonds. The summed E-state index contributed by atoms with van der Waals surface area (Å²) in [5, 5.41) is 2.43. The molecule has 2 aromatic rings. The standard InChI is InChI=1S/C13H15N3/c1-16-6-2-3-13(16)12-9-15-8-10-7-14-5-4-11(10)12/h4-5,7-9,13H,2-3,6H2,1H3/t13-/m0/s1. The number of aromatic nitrogens is 2. The Morgan fingerprint density at radius 2 is 2.12 bits per heavy atom. The monoisotopic (exact) mass is 213 g/mol. The largest absolute Gasteiger partial charge is 0.299 e. The minimum absolute atomic E-state index is 0.526. The van der Waals surface area contributed by atoms with Crippen LogP contribution in [0.4, 0.5) is 0 Å². The molecule has 0 aromatic carbocycles. The SMILES string of the molecule is CN1CCC[C@H]1c1cncc2cnccc12. The molecule has 2 aromatic heterocycles. The molecule has 1 fully saturated rings. The molecular weight excluding hydrogens is 198 g/mol. The topological polar surface area (TPSA) is 29.0 Å². The van der Waals surface area contributed by atoms with Crippen LogP contribution in [0.25, 0.3) is 10.8 Å². The number of fused-ring (bicyclic) bond motifs is 1. The molecule has 0 radical (unpaired) electrons. The van der Waals surface area contributed by atoms with E-state index in [0.717, 1.165) is 5.39 Å². The van der Waals surface area contributed by atoms with Gasteiger partial charge in [0.2, 0.25) is 0 Å². The third-order valence-electron chi connectivity index (χ3n) is 3.47. The van der Waals surface area contributed by atoms with Crippen molar-refractivity contribution in [3.8, 4) is 0 Å². The fraction of sp³-hybridized carbons (Fsp3) is 0.385. The molecular formula is C13H15N3. The predicted octanol–water partition coefficient (Wildman–Crippen LogP) is 2.40. The summed E-state index contributed by atoms with van der Waals surface area (Å²) < 4.78 is 0. The van der Waals surface area contributed by atoms with Gasteiger partial charge >= 0.3 is 0 Å². The predicted molar refractivity (Wildman–Crippen MR) is 64.1 cm³/mol. The maximum atomic E-state index is 4.33. The Morgan fingerprint density at radius 1 is 1.25 bits per heavy atom. The highest BCUT2D eigenvalue weighted by atomic mass is 15.1. The summed E-state index contributed by atoms with van der Waals surface area (Å²) >= 11 is 0. The molecule has 16 heavy (non-hydrogen) atoms. The number of pyridine rings is 2. The van der Waals surface area contributed by atoms with Crippen LogP contribution >= 0.6 is 0 Å². The Kier molecular flexibility index (Phi) is 2.33. The fourth-order valence-corrected chi connectivity index (χ4v) is 2.61. The fourth-order valence-electron chi connectivity index (χ4n) is 2.61. The van der Waals surface area contributed by atoms with E-state index in [0.29, 0.717) is 6.04 Å². The van der Waals surface area contributed by atoms with E-state index in [1.165, 1.54) is 30.3 Å². The Morgan fingerprint density at radius 3 is 2.94 bits per heavy atom. The molecule has 0 spiro atoms. The molecule has 3 nitrogen and oxygen atoms in total. The van der Waals surface area contributed by atoms with Crippen LogP contribution in [0, 0.1) is 0 Å². The normalized spacial score (nSPS) is 21.7. The van der Waals surface area contributed by atoms with Gasteiger partial charge in [0.1, 0.15) is 0 Å². The molecule has 1 aliphatic rings. The van der Waals surface area contributed by atoms with Gasteiger partial charge < -0.3 is 0 Å². The molecule has 1 saturated heterocycles. The van der Waals surface area contributed by atoms with E-state index in [2.05, 4.69) is 28.0 Å². The van der Waals surface area contributed by atoms with Gasteiger partial charge in [-0.2, -0.15) is 0 Å². The second-order valence-corrected chi connectivity index (χ2v) is 4.46. The zero-order chi connectivity index (χ0) is 11.0. The summed E-state index contributed by atoms with van der Waals surface area (Å²) in [6.07, 6.45) is 10.2. The van der Waals surface area contributed by atoms with Crippen LogP contribution in [0.2, 0.25) is 0 Å². The van der Waals surface area contributed by atoms with E-state index in [-0.39, 0.29) is 0 Å². The van der Waals surface area contributed by atoms with E-state index in [1.807, 2.05) is 24.8 Å². The van der Waals surface area contributed by atoms with E-state index >= 15 is 0 Å². The van der Waals surface area contributed by atoms with E-state index in [9.17, 15) is 0 Å². The van der Waals surface area contributed by atoms with Crippen molar-refractivity contribution < 1.29 is 0 Å². The molecule has 1 aliphatic heterocycles. The first kappa shape index (κ1) is 9.73. The second kappa shape index (κ2) is 3.83. The third-order valence-corrected chi connectivity index (χ3v) is 3.47. The molecule has 0 saturated carbocycles. The summed E-state index contributed by atoms with van der Waals surface area (Å²) in [5.74, 6) is 0. The van der Waals surface area contributed by atoms with Crippen LogP contribution < -0.4 is 0 Å². The third kappa shape index (κ3) is 1.48. The van der Waals surface area contributed by atoms with Gasteiger partial charge in [0.25, 0.3) is 0 Å². The second-order valence-electron chi connectivity index (χ2n) is 4.46. The van der Waals surface area contributed by atoms with E-state index in [4.69, 9.17) is 0 Å². The molecule has 3 heterocycles. The molecule has 0 unspecified atom stereocenters. The number of rotatable bonds is 1. The highest BCUT2D eigenvalue weighted by Crippen LogP contribution is 2.33. The van der Waals surface area contributed by atoms with Crippen LogP contribution in [-0.2, 0) is 0 Å². The van der Waals surface area contributed by atoms with Crippen molar-refractivity contribution in [1.82, 2.24) is 14.9 Å². The first-order valence-corrected chi connectivity index (χ1v) is 5.74. The minimum Gasteiger partial charge on any atom is -0.299 e. The number of nitrogens with zero attached hydrogens (tertiary/aromatic N) is 3. The maximum absolute atomic E-state index is 4.33. The smallest absolute Gasteiger partial charge is 0.0367 e. The lowest BCUT2D eigenvalue weighted by Crippen LogP contribution is -2.17. The van der Waals surface area contributed by atoms with Crippen molar-refractivity contribution in [3.63, 3.8) is 0 Å². The Balaban J connectivity index is 2.16. The zero-order valence-corrected chi connectivity index (χ0v) is 9.43. The van der Waals surface area contributed by atoms with Gasteiger partial charge in [0.15, 0.2) is 0 Å². The van der Waals surface area contributed by atoms with Crippen LogP contribution in [0.3, 0.4) is 0 Å². The Bertz CT molecular complexity index is 504. The minimum atomic E-state index is 0.526. The van der Waals surface area contributed by atoms with E-state index in [1.54, 1.807) is 0 Å². The first-order chi connectivity index (χ1) is 7.86. The molecule has 1 atom stereocenters. The summed E-state index contributed by atoms with van der Waals surface area (Å²) in [5.41, 5.74) is 1.35. The zero-order valence-electron chi connectivity index (χ0n) is 9.43. The van der Waals surface area contributed by atoms with Gasteiger partial charge in [0, 0.05) is 36.2 Å². The van der Waals surface area contributed by atoms with E-state index < -0.39 is 0 Å². The Hall–Kier alpha value is -1.48. The van der Waals surface area contributed by atoms with Crippen LogP contribution in [0.1, 0.15) is 24.4 Å². The van der Waals surface area contributed by atoms with Gasteiger partial charge in [-0.25, -0.2) is 0 Å². The molecule has 3 rings (SSSR count). The first-order valence-electron chi connectivity index (χ1n) is 5.74. The van der Waals surface area contributed by atoms with Gasteiger partial charge in [-0.1, -0.05) is 0 Å². The average Bonchev–Trinajstić information content (AvgIpc) is 2.75.